The Morgan fingerprint density at radius 3 is 2.27 bits per heavy atom. The van der Waals surface area contributed by atoms with Crippen LogP contribution in [0.3, 0.4) is 0 Å². The molecule has 2 amide bonds. The fourth-order valence-electron chi connectivity index (χ4n) is 4.25. The number of hydrogen-bond acceptors (Lipinski definition) is 4. The zero-order valence-electron chi connectivity index (χ0n) is 19.6. The summed E-state index contributed by atoms with van der Waals surface area (Å²) in [7, 11) is 0. The normalized spacial score (nSPS) is 13.5. The minimum atomic E-state index is -0.533. The predicted octanol–water partition coefficient (Wildman–Crippen LogP) is 6.61. The highest BCUT2D eigenvalue weighted by atomic mass is 35.5. The van der Waals surface area contributed by atoms with Gasteiger partial charge in [0.05, 0.1) is 16.9 Å². The van der Waals surface area contributed by atoms with Gasteiger partial charge in [-0.25, -0.2) is 4.39 Å². The van der Waals surface area contributed by atoms with Crippen molar-refractivity contribution in [2.24, 2.45) is 0 Å². The van der Waals surface area contributed by atoms with E-state index in [0.717, 1.165) is 11.3 Å². The van der Waals surface area contributed by atoms with Crippen molar-refractivity contribution in [1.82, 2.24) is 4.90 Å². The van der Waals surface area contributed by atoms with Crippen LogP contribution in [-0.4, -0.2) is 42.9 Å². The molecule has 0 spiro atoms. The average Bonchev–Trinajstić information content (AvgIpc) is 3.40. The summed E-state index contributed by atoms with van der Waals surface area (Å²) in [4.78, 5) is 29.5. The summed E-state index contributed by atoms with van der Waals surface area (Å²) in [5, 5.41) is 3.97. The van der Waals surface area contributed by atoms with Gasteiger partial charge in [-0.3, -0.25) is 9.59 Å². The standard InChI is InChI=1S/C28H22Cl2FN3O3/c29-19-7-5-18(6-8-19)25-11-12-26(37-25)27(35)32-23-17-20(30)9-10-24(23)33-13-15-34(16-14-33)28(36)21-3-1-2-4-22(21)31/h1-12,17H,13-16H2,(H,32,35). The molecule has 0 aliphatic carbocycles. The van der Waals surface area contributed by atoms with Crippen LogP contribution in [0.1, 0.15) is 20.9 Å². The molecule has 1 aliphatic heterocycles. The lowest BCUT2D eigenvalue weighted by molar-refractivity contribution is 0.0742. The SMILES string of the molecule is O=C(Nc1cc(Cl)ccc1N1CCN(C(=O)c2ccccc2F)CC1)c1ccc(-c2ccc(Cl)cc2)o1. The zero-order chi connectivity index (χ0) is 25.9. The smallest absolute Gasteiger partial charge is 0.291 e. The first-order valence-corrected chi connectivity index (χ1v) is 12.4. The number of piperazine rings is 1. The highest BCUT2D eigenvalue weighted by molar-refractivity contribution is 6.31. The number of nitrogens with one attached hydrogen (secondary N) is 1. The predicted molar refractivity (Wildman–Crippen MR) is 143 cm³/mol. The molecule has 0 unspecified atom stereocenters. The van der Waals surface area contributed by atoms with Crippen LogP contribution >= 0.6 is 23.2 Å². The molecule has 1 saturated heterocycles. The summed E-state index contributed by atoms with van der Waals surface area (Å²) in [6.07, 6.45) is 0. The van der Waals surface area contributed by atoms with E-state index in [1.807, 2.05) is 18.2 Å². The molecule has 1 N–H and O–H groups in total. The van der Waals surface area contributed by atoms with Crippen LogP contribution in [0.4, 0.5) is 15.8 Å². The van der Waals surface area contributed by atoms with E-state index in [1.54, 1.807) is 53.4 Å². The van der Waals surface area contributed by atoms with Gasteiger partial charge in [0.2, 0.25) is 0 Å². The third-order valence-electron chi connectivity index (χ3n) is 6.18. The molecule has 1 aromatic heterocycles. The molecule has 1 aliphatic rings. The number of carbonyl (C=O) groups excluding carboxylic acids is 2. The maximum atomic E-state index is 14.1. The Morgan fingerprint density at radius 2 is 1.54 bits per heavy atom. The fourth-order valence-corrected chi connectivity index (χ4v) is 4.55. The molecular weight excluding hydrogens is 516 g/mol. The molecule has 188 valence electrons. The number of amides is 2. The Balaban J connectivity index is 1.29. The minimum Gasteiger partial charge on any atom is -0.451 e. The van der Waals surface area contributed by atoms with Crippen LogP contribution in [-0.2, 0) is 0 Å². The number of nitrogens with zero attached hydrogens (tertiary/aromatic N) is 2. The van der Waals surface area contributed by atoms with E-state index < -0.39 is 11.7 Å². The Bertz CT molecular complexity index is 1450. The average molecular weight is 538 g/mol. The van der Waals surface area contributed by atoms with E-state index in [1.165, 1.54) is 12.1 Å². The molecule has 1 fully saturated rings. The molecule has 6 nitrogen and oxygen atoms in total. The molecule has 0 bridgehead atoms. The van der Waals surface area contributed by atoms with Gasteiger partial charge >= 0.3 is 0 Å². The van der Waals surface area contributed by atoms with Gasteiger partial charge in [0.1, 0.15) is 11.6 Å². The molecule has 3 aromatic carbocycles. The molecule has 9 heteroatoms. The number of hydrogen-bond donors (Lipinski definition) is 1. The van der Waals surface area contributed by atoms with Crippen molar-refractivity contribution in [3.8, 4) is 11.3 Å². The first-order valence-electron chi connectivity index (χ1n) is 11.6. The summed E-state index contributed by atoms with van der Waals surface area (Å²) in [6, 6.07) is 21.7. The van der Waals surface area contributed by atoms with Crippen LogP contribution in [0, 0.1) is 5.82 Å². The molecule has 0 radical (unpaired) electrons. The Kier molecular flexibility index (Phi) is 7.17. The molecule has 0 saturated carbocycles. The van der Waals surface area contributed by atoms with Crippen molar-refractivity contribution in [2.45, 2.75) is 0 Å². The zero-order valence-corrected chi connectivity index (χ0v) is 21.1. The van der Waals surface area contributed by atoms with Crippen LogP contribution < -0.4 is 10.2 Å². The largest absolute Gasteiger partial charge is 0.451 e. The van der Waals surface area contributed by atoms with Crippen molar-refractivity contribution in [3.63, 3.8) is 0 Å². The van der Waals surface area contributed by atoms with E-state index in [9.17, 15) is 14.0 Å². The number of carbonyl (C=O) groups is 2. The first-order chi connectivity index (χ1) is 17.9. The van der Waals surface area contributed by atoms with Crippen molar-refractivity contribution in [2.75, 3.05) is 36.4 Å². The van der Waals surface area contributed by atoms with Crippen LogP contribution in [0.15, 0.2) is 83.3 Å². The van der Waals surface area contributed by atoms with E-state index >= 15 is 0 Å². The molecule has 37 heavy (non-hydrogen) atoms. The van der Waals surface area contributed by atoms with Gasteiger partial charge in [0.15, 0.2) is 5.76 Å². The van der Waals surface area contributed by atoms with Gasteiger partial charge in [0.25, 0.3) is 11.8 Å². The third-order valence-corrected chi connectivity index (χ3v) is 6.66. The number of anilines is 2. The topological polar surface area (TPSA) is 65.8 Å². The lowest BCUT2D eigenvalue weighted by atomic mass is 10.1. The molecular formula is C28H22Cl2FN3O3. The van der Waals surface area contributed by atoms with Gasteiger partial charge in [-0.1, -0.05) is 35.3 Å². The lowest BCUT2D eigenvalue weighted by Crippen LogP contribution is -2.49. The van der Waals surface area contributed by atoms with E-state index in [2.05, 4.69) is 10.2 Å². The second-order valence-corrected chi connectivity index (χ2v) is 9.42. The van der Waals surface area contributed by atoms with Crippen molar-refractivity contribution >= 4 is 46.4 Å². The van der Waals surface area contributed by atoms with E-state index in [4.69, 9.17) is 27.6 Å². The highest BCUT2D eigenvalue weighted by Crippen LogP contribution is 2.31. The maximum absolute atomic E-state index is 14.1. The molecule has 2 heterocycles. The van der Waals surface area contributed by atoms with Gasteiger partial charge in [0, 0.05) is 41.8 Å². The first kappa shape index (κ1) is 24.9. The van der Waals surface area contributed by atoms with E-state index in [-0.39, 0.29) is 17.2 Å². The number of rotatable bonds is 5. The van der Waals surface area contributed by atoms with Crippen molar-refractivity contribution < 1.29 is 18.4 Å². The van der Waals surface area contributed by atoms with Gasteiger partial charge in [-0.15, -0.1) is 0 Å². The fraction of sp³-hybridized carbons (Fsp3) is 0.143. The Morgan fingerprint density at radius 1 is 0.838 bits per heavy atom. The summed E-state index contributed by atoms with van der Waals surface area (Å²) < 4.78 is 19.9. The summed E-state index contributed by atoms with van der Waals surface area (Å²) in [5.41, 5.74) is 2.15. The Hall–Kier alpha value is -3.81. The second-order valence-electron chi connectivity index (χ2n) is 8.55. The quantitative estimate of drug-likeness (QED) is 0.311. The third kappa shape index (κ3) is 5.48. The number of furan rings is 1. The molecule has 0 atom stereocenters. The lowest BCUT2D eigenvalue weighted by Gasteiger charge is -2.37. The monoisotopic (exact) mass is 537 g/mol. The summed E-state index contributed by atoms with van der Waals surface area (Å²) in [6.45, 7) is 1.83. The van der Waals surface area contributed by atoms with Gasteiger partial charge in [-0.2, -0.15) is 0 Å². The van der Waals surface area contributed by atoms with Gasteiger partial charge < -0.3 is 19.5 Å². The minimum absolute atomic E-state index is 0.0619. The summed E-state index contributed by atoms with van der Waals surface area (Å²) >= 11 is 12.2. The van der Waals surface area contributed by atoms with E-state index in [0.29, 0.717) is 47.7 Å². The highest BCUT2D eigenvalue weighted by Gasteiger charge is 2.26. The number of halogens is 3. The van der Waals surface area contributed by atoms with Crippen molar-refractivity contribution in [1.29, 1.82) is 0 Å². The Labute approximate surface area is 223 Å². The van der Waals surface area contributed by atoms with Gasteiger partial charge in [-0.05, 0) is 66.7 Å². The molecule has 5 rings (SSSR count). The molecule has 4 aromatic rings. The van der Waals surface area contributed by atoms with Crippen LogP contribution in [0.25, 0.3) is 11.3 Å². The maximum Gasteiger partial charge on any atom is 0.291 e. The second kappa shape index (κ2) is 10.7. The number of benzene rings is 3. The van der Waals surface area contributed by atoms with Crippen LogP contribution in [0.5, 0.6) is 0 Å². The van der Waals surface area contributed by atoms with Crippen molar-refractivity contribution in [3.05, 3.63) is 106 Å². The van der Waals surface area contributed by atoms with Crippen LogP contribution in [0.2, 0.25) is 10.0 Å². The summed E-state index contributed by atoms with van der Waals surface area (Å²) in [5.74, 6) is -0.594.